The fourth-order valence-electron chi connectivity index (χ4n) is 2.27. The van der Waals surface area contributed by atoms with E-state index in [1.54, 1.807) is 13.3 Å². The molecule has 1 saturated carbocycles. The summed E-state index contributed by atoms with van der Waals surface area (Å²) in [5, 5.41) is 0. The van der Waals surface area contributed by atoms with E-state index in [0.29, 0.717) is 9.39 Å². The monoisotopic (exact) mass is 334 g/mol. The van der Waals surface area contributed by atoms with Gasteiger partial charge in [0.25, 0.3) is 5.56 Å². The van der Waals surface area contributed by atoms with Gasteiger partial charge in [0.05, 0.1) is 3.57 Å². The van der Waals surface area contributed by atoms with Gasteiger partial charge in [-0.1, -0.05) is 19.3 Å². The second-order valence-corrected chi connectivity index (χ2v) is 5.33. The van der Waals surface area contributed by atoms with Crippen LogP contribution in [0.5, 0.6) is 0 Å². The fourth-order valence-corrected chi connectivity index (χ4v) is 2.55. The maximum atomic E-state index is 11.6. The molecular formula is C11H15IN2O2. The lowest BCUT2D eigenvalue weighted by Gasteiger charge is -2.34. The maximum absolute atomic E-state index is 11.6. The van der Waals surface area contributed by atoms with Crippen molar-refractivity contribution >= 4 is 22.6 Å². The Balaban J connectivity index is 2.39. The SMILES string of the molecule is COC1(c2ncc(I)c(=O)[nH]2)CCCCC1. The number of H-pyrrole nitrogens is 1. The molecule has 1 aliphatic rings. The van der Waals surface area contributed by atoms with Crippen molar-refractivity contribution < 1.29 is 4.74 Å². The minimum Gasteiger partial charge on any atom is -0.370 e. The summed E-state index contributed by atoms with van der Waals surface area (Å²) < 4.78 is 6.24. The summed E-state index contributed by atoms with van der Waals surface area (Å²) >= 11 is 1.98. The van der Waals surface area contributed by atoms with Gasteiger partial charge in [0.1, 0.15) is 11.4 Å². The smallest absolute Gasteiger partial charge is 0.264 e. The van der Waals surface area contributed by atoms with E-state index in [-0.39, 0.29) is 11.2 Å². The molecule has 1 fully saturated rings. The first-order valence-corrected chi connectivity index (χ1v) is 6.56. The van der Waals surface area contributed by atoms with E-state index in [2.05, 4.69) is 9.97 Å². The summed E-state index contributed by atoms with van der Waals surface area (Å²) in [5.41, 5.74) is -0.450. The second-order valence-electron chi connectivity index (χ2n) is 4.17. The van der Waals surface area contributed by atoms with Crippen LogP contribution in [0.25, 0.3) is 0 Å². The zero-order valence-corrected chi connectivity index (χ0v) is 11.4. The minimum atomic E-state index is -0.373. The van der Waals surface area contributed by atoms with Crippen LogP contribution >= 0.6 is 22.6 Å². The molecule has 4 nitrogen and oxygen atoms in total. The molecule has 0 spiro atoms. The molecule has 0 atom stereocenters. The predicted molar refractivity (Wildman–Crippen MR) is 69.3 cm³/mol. The molecule has 2 rings (SSSR count). The number of nitrogens with zero attached hydrogens (tertiary/aromatic N) is 1. The Bertz CT molecular complexity index is 424. The zero-order valence-electron chi connectivity index (χ0n) is 9.25. The van der Waals surface area contributed by atoms with Crippen LogP contribution in [-0.4, -0.2) is 17.1 Å². The van der Waals surface area contributed by atoms with Gasteiger partial charge in [-0.05, 0) is 35.4 Å². The lowest BCUT2D eigenvalue weighted by molar-refractivity contribution is -0.0517. The van der Waals surface area contributed by atoms with Crippen molar-refractivity contribution in [3.8, 4) is 0 Å². The Kier molecular flexibility index (Phi) is 3.63. The Labute approximate surface area is 108 Å². The van der Waals surface area contributed by atoms with Gasteiger partial charge in [-0.25, -0.2) is 4.98 Å². The van der Waals surface area contributed by atoms with Crippen molar-refractivity contribution in [2.24, 2.45) is 0 Å². The van der Waals surface area contributed by atoms with Crippen LogP contribution in [0.2, 0.25) is 0 Å². The predicted octanol–water partition coefficient (Wildman–Crippen LogP) is 2.18. The number of hydrogen-bond donors (Lipinski definition) is 1. The van der Waals surface area contributed by atoms with Crippen LogP contribution < -0.4 is 5.56 Å². The molecule has 1 aromatic heterocycles. The molecule has 0 aliphatic heterocycles. The molecular weight excluding hydrogens is 319 g/mol. The second kappa shape index (κ2) is 4.83. The van der Waals surface area contributed by atoms with Crippen LogP contribution in [0.1, 0.15) is 37.9 Å². The van der Waals surface area contributed by atoms with Crippen molar-refractivity contribution in [3.05, 3.63) is 25.9 Å². The van der Waals surface area contributed by atoms with Crippen LogP contribution in [-0.2, 0) is 10.3 Å². The maximum Gasteiger partial charge on any atom is 0.264 e. The first kappa shape index (κ1) is 12.0. The molecule has 1 aliphatic carbocycles. The van der Waals surface area contributed by atoms with E-state index in [9.17, 15) is 4.79 Å². The normalized spacial score (nSPS) is 19.6. The number of rotatable bonds is 2. The number of aromatic nitrogens is 2. The number of methoxy groups -OCH3 is 1. The Morgan fingerprint density at radius 3 is 2.69 bits per heavy atom. The quantitative estimate of drug-likeness (QED) is 0.844. The average molecular weight is 334 g/mol. The third-order valence-electron chi connectivity index (χ3n) is 3.24. The molecule has 88 valence electrons. The summed E-state index contributed by atoms with van der Waals surface area (Å²) in [5.74, 6) is 0.681. The molecule has 0 radical (unpaired) electrons. The van der Waals surface area contributed by atoms with Gasteiger partial charge < -0.3 is 9.72 Å². The van der Waals surface area contributed by atoms with Gasteiger partial charge in [-0.2, -0.15) is 0 Å². The third kappa shape index (κ3) is 2.15. The number of halogens is 1. The topological polar surface area (TPSA) is 55.0 Å². The first-order chi connectivity index (χ1) is 7.68. The van der Waals surface area contributed by atoms with Crippen molar-refractivity contribution in [1.82, 2.24) is 9.97 Å². The van der Waals surface area contributed by atoms with E-state index < -0.39 is 0 Å². The Hall–Kier alpha value is -0.430. The minimum absolute atomic E-state index is 0.0763. The average Bonchev–Trinajstić information content (AvgIpc) is 2.33. The van der Waals surface area contributed by atoms with Crippen LogP contribution in [0.3, 0.4) is 0 Å². The summed E-state index contributed by atoms with van der Waals surface area (Å²) in [4.78, 5) is 18.7. The Morgan fingerprint density at radius 2 is 2.12 bits per heavy atom. The first-order valence-electron chi connectivity index (χ1n) is 5.48. The number of aromatic amines is 1. The van der Waals surface area contributed by atoms with Gasteiger partial charge in [-0.15, -0.1) is 0 Å². The molecule has 1 aromatic rings. The van der Waals surface area contributed by atoms with Crippen molar-refractivity contribution in [2.75, 3.05) is 7.11 Å². The molecule has 1 N–H and O–H groups in total. The summed E-state index contributed by atoms with van der Waals surface area (Å²) in [6.45, 7) is 0. The Morgan fingerprint density at radius 1 is 1.44 bits per heavy atom. The van der Waals surface area contributed by atoms with Crippen LogP contribution in [0.15, 0.2) is 11.0 Å². The van der Waals surface area contributed by atoms with Crippen molar-refractivity contribution in [2.45, 2.75) is 37.7 Å². The summed E-state index contributed by atoms with van der Waals surface area (Å²) in [7, 11) is 1.70. The highest BCUT2D eigenvalue weighted by molar-refractivity contribution is 14.1. The highest BCUT2D eigenvalue weighted by Gasteiger charge is 2.36. The number of ether oxygens (including phenoxy) is 1. The van der Waals surface area contributed by atoms with E-state index in [0.717, 1.165) is 25.7 Å². The van der Waals surface area contributed by atoms with Crippen molar-refractivity contribution in [1.29, 1.82) is 0 Å². The molecule has 0 unspecified atom stereocenters. The molecule has 16 heavy (non-hydrogen) atoms. The highest BCUT2D eigenvalue weighted by atomic mass is 127. The largest absolute Gasteiger partial charge is 0.370 e. The van der Waals surface area contributed by atoms with E-state index in [4.69, 9.17) is 4.74 Å². The molecule has 0 bridgehead atoms. The molecule has 5 heteroatoms. The molecule has 0 saturated heterocycles. The van der Waals surface area contributed by atoms with E-state index in [1.807, 2.05) is 22.6 Å². The van der Waals surface area contributed by atoms with Gasteiger partial charge in [0, 0.05) is 13.3 Å². The summed E-state index contributed by atoms with van der Waals surface area (Å²) in [6, 6.07) is 0. The van der Waals surface area contributed by atoms with E-state index >= 15 is 0 Å². The van der Waals surface area contributed by atoms with Gasteiger partial charge in [-0.3, -0.25) is 4.79 Å². The number of hydrogen-bond acceptors (Lipinski definition) is 3. The van der Waals surface area contributed by atoms with Crippen molar-refractivity contribution in [3.63, 3.8) is 0 Å². The van der Waals surface area contributed by atoms with Gasteiger partial charge in [0.15, 0.2) is 0 Å². The lowest BCUT2D eigenvalue weighted by Crippen LogP contribution is -2.35. The highest BCUT2D eigenvalue weighted by Crippen LogP contribution is 2.37. The molecule has 0 amide bonds. The fraction of sp³-hybridized carbons (Fsp3) is 0.636. The lowest BCUT2D eigenvalue weighted by atomic mass is 9.84. The van der Waals surface area contributed by atoms with Gasteiger partial charge >= 0.3 is 0 Å². The molecule has 1 heterocycles. The standard InChI is InChI=1S/C11H15IN2O2/c1-16-11(5-3-2-4-6-11)10-13-7-8(12)9(15)14-10/h7H,2-6H2,1H3,(H,13,14,15). The third-order valence-corrected chi connectivity index (χ3v) is 4.01. The van der Waals surface area contributed by atoms with Crippen LogP contribution in [0, 0.1) is 3.57 Å². The molecule has 0 aromatic carbocycles. The summed E-state index contributed by atoms with van der Waals surface area (Å²) in [6.07, 6.45) is 6.98. The van der Waals surface area contributed by atoms with E-state index in [1.165, 1.54) is 6.42 Å². The zero-order chi connectivity index (χ0) is 11.6. The van der Waals surface area contributed by atoms with Crippen LogP contribution in [0.4, 0.5) is 0 Å². The van der Waals surface area contributed by atoms with Gasteiger partial charge in [0.2, 0.25) is 0 Å². The number of nitrogens with one attached hydrogen (secondary N) is 1.